The van der Waals surface area contributed by atoms with E-state index in [4.69, 9.17) is 4.42 Å². The molecule has 0 bridgehead atoms. The van der Waals surface area contributed by atoms with Crippen molar-refractivity contribution in [3.05, 3.63) is 95.4 Å². The zero-order chi connectivity index (χ0) is 20.9. The number of benzene rings is 2. The maximum atomic E-state index is 13.6. The second-order valence-corrected chi connectivity index (χ2v) is 8.24. The third kappa shape index (κ3) is 2.52. The predicted octanol–water partition coefficient (Wildman–Crippen LogP) is 2.87. The molecule has 0 aliphatic rings. The number of imidazole rings is 1. The van der Waals surface area contributed by atoms with Gasteiger partial charge in [-0.05, 0) is 36.4 Å². The van der Waals surface area contributed by atoms with Crippen molar-refractivity contribution in [2.75, 3.05) is 0 Å². The Morgan fingerprint density at radius 3 is 2.43 bits per heavy atom. The van der Waals surface area contributed by atoms with Crippen LogP contribution in [-0.4, -0.2) is 27.8 Å². The second kappa shape index (κ2) is 6.53. The average Bonchev–Trinajstić information content (AvgIpc) is 3.39. The Hall–Kier alpha value is -3.98. The summed E-state index contributed by atoms with van der Waals surface area (Å²) in [6, 6.07) is 17.2. The number of furan rings is 1. The Kier molecular flexibility index (Phi) is 3.93. The van der Waals surface area contributed by atoms with E-state index in [1.807, 2.05) is 0 Å². The lowest BCUT2D eigenvalue weighted by Crippen LogP contribution is -2.33. The SMILES string of the molecule is O=C(c1ccco1)n1c(=O)n(S(=O)(=O)c2cccc3cccnc23)c2ccccc21. The van der Waals surface area contributed by atoms with E-state index in [1.54, 1.807) is 36.4 Å². The van der Waals surface area contributed by atoms with Gasteiger partial charge in [-0.2, -0.15) is 3.97 Å². The molecule has 9 heteroatoms. The van der Waals surface area contributed by atoms with Gasteiger partial charge in [0.1, 0.15) is 4.90 Å². The molecule has 148 valence electrons. The fourth-order valence-corrected chi connectivity index (χ4v) is 5.01. The lowest BCUT2D eigenvalue weighted by Gasteiger charge is -2.08. The highest BCUT2D eigenvalue weighted by Gasteiger charge is 2.30. The molecule has 0 aliphatic carbocycles. The normalized spacial score (nSPS) is 11.9. The van der Waals surface area contributed by atoms with Gasteiger partial charge in [0, 0.05) is 11.6 Å². The van der Waals surface area contributed by atoms with Gasteiger partial charge < -0.3 is 4.42 Å². The van der Waals surface area contributed by atoms with E-state index in [2.05, 4.69) is 4.98 Å². The predicted molar refractivity (Wildman–Crippen MR) is 109 cm³/mol. The Morgan fingerprint density at radius 1 is 0.900 bits per heavy atom. The third-order valence-corrected chi connectivity index (χ3v) is 6.47. The van der Waals surface area contributed by atoms with Gasteiger partial charge in [-0.3, -0.25) is 9.78 Å². The quantitative estimate of drug-likeness (QED) is 0.445. The number of aromatic nitrogens is 3. The number of carbonyl (C=O) groups is 1. The summed E-state index contributed by atoms with van der Waals surface area (Å²) in [5.41, 5.74) is -0.539. The van der Waals surface area contributed by atoms with Crippen molar-refractivity contribution in [2.24, 2.45) is 0 Å². The van der Waals surface area contributed by atoms with E-state index in [9.17, 15) is 18.0 Å². The van der Waals surface area contributed by atoms with Crippen LogP contribution in [0.2, 0.25) is 0 Å². The van der Waals surface area contributed by atoms with Crippen molar-refractivity contribution < 1.29 is 17.6 Å². The highest BCUT2D eigenvalue weighted by molar-refractivity contribution is 7.90. The summed E-state index contributed by atoms with van der Waals surface area (Å²) in [4.78, 5) is 30.2. The first-order chi connectivity index (χ1) is 14.5. The van der Waals surface area contributed by atoms with Crippen molar-refractivity contribution in [2.45, 2.75) is 4.90 Å². The van der Waals surface area contributed by atoms with Crippen LogP contribution < -0.4 is 5.69 Å². The summed E-state index contributed by atoms with van der Waals surface area (Å²) in [5, 5.41) is 0.613. The molecule has 0 amide bonds. The fraction of sp³-hybridized carbons (Fsp3) is 0. The van der Waals surface area contributed by atoms with E-state index >= 15 is 0 Å². The minimum Gasteiger partial charge on any atom is -0.459 e. The number of pyridine rings is 1. The maximum absolute atomic E-state index is 13.6. The molecular formula is C21H13N3O5S. The minimum atomic E-state index is -4.37. The Bertz CT molecular complexity index is 1590. The van der Waals surface area contributed by atoms with Crippen LogP contribution in [0, 0.1) is 0 Å². The van der Waals surface area contributed by atoms with Gasteiger partial charge in [-0.15, -0.1) is 0 Å². The standard InChI is InChI=1S/C21H13N3O5S/c25-20(17-10-5-13-29-17)23-15-8-1-2-9-16(15)24(21(23)26)30(27,28)18-11-3-6-14-7-4-12-22-19(14)18/h1-13H. The van der Waals surface area contributed by atoms with Crippen molar-refractivity contribution in [1.82, 2.24) is 13.5 Å². The zero-order valence-electron chi connectivity index (χ0n) is 15.3. The van der Waals surface area contributed by atoms with E-state index in [-0.39, 0.29) is 27.2 Å². The molecule has 3 heterocycles. The largest absolute Gasteiger partial charge is 0.459 e. The molecule has 3 aromatic heterocycles. The zero-order valence-corrected chi connectivity index (χ0v) is 16.1. The van der Waals surface area contributed by atoms with Crippen molar-refractivity contribution in [3.63, 3.8) is 0 Å². The Balaban J connectivity index is 1.85. The van der Waals surface area contributed by atoms with Gasteiger partial charge in [-0.25, -0.2) is 17.8 Å². The molecular weight excluding hydrogens is 406 g/mol. The number of hydrogen-bond donors (Lipinski definition) is 0. The lowest BCUT2D eigenvalue weighted by molar-refractivity contribution is 0.0933. The summed E-state index contributed by atoms with van der Waals surface area (Å²) in [6.45, 7) is 0. The van der Waals surface area contributed by atoms with Crippen LogP contribution in [-0.2, 0) is 10.0 Å². The lowest BCUT2D eigenvalue weighted by atomic mass is 10.2. The highest BCUT2D eigenvalue weighted by Crippen LogP contribution is 2.25. The van der Waals surface area contributed by atoms with E-state index in [1.165, 1.54) is 42.8 Å². The van der Waals surface area contributed by atoms with Gasteiger partial charge in [-0.1, -0.05) is 30.3 Å². The molecule has 0 atom stereocenters. The monoisotopic (exact) mass is 419 g/mol. The van der Waals surface area contributed by atoms with E-state index < -0.39 is 21.6 Å². The van der Waals surface area contributed by atoms with Gasteiger partial charge in [0.25, 0.3) is 10.0 Å². The molecule has 8 nitrogen and oxygen atoms in total. The number of para-hydroxylation sites is 3. The highest BCUT2D eigenvalue weighted by atomic mass is 32.2. The topological polar surface area (TPSA) is 104 Å². The smallest absolute Gasteiger partial charge is 0.350 e. The van der Waals surface area contributed by atoms with Gasteiger partial charge in [0.05, 0.1) is 22.8 Å². The molecule has 0 N–H and O–H groups in total. The molecule has 5 rings (SSSR count). The Labute approximate surface area is 169 Å². The Morgan fingerprint density at radius 2 is 1.67 bits per heavy atom. The van der Waals surface area contributed by atoms with Crippen LogP contribution in [0.15, 0.2) is 93.3 Å². The minimum absolute atomic E-state index is 0.0790. The van der Waals surface area contributed by atoms with Gasteiger partial charge >= 0.3 is 11.6 Å². The van der Waals surface area contributed by atoms with Crippen molar-refractivity contribution in [1.29, 1.82) is 0 Å². The first-order valence-corrected chi connectivity index (χ1v) is 10.3. The van der Waals surface area contributed by atoms with Gasteiger partial charge in [0.15, 0.2) is 5.76 Å². The summed E-state index contributed by atoms with van der Waals surface area (Å²) in [6.07, 6.45) is 2.78. The summed E-state index contributed by atoms with van der Waals surface area (Å²) >= 11 is 0. The summed E-state index contributed by atoms with van der Waals surface area (Å²) in [5.74, 6) is -0.838. The van der Waals surface area contributed by atoms with Crippen LogP contribution in [0.3, 0.4) is 0 Å². The molecule has 0 unspecified atom stereocenters. The van der Waals surface area contributed by atoms with Crippen LogP contribution in [0.25, 0.3) is 21.9 Å². The molecule has 0 saturated heterocycles. The van der Waals surface area contributed by atoms with Crippen molar-refractivity contribution in [3.8, 4) is 0 Å². The van der Waals surface area contributed by atoms with Gasteiger partial charge in [0.2, 0.25) is 0 Å². The van der Waals surface area contributed by atoms with E-state index in [0.29, 0.717) is 9.36 Å². The average molecular weight is 419 g/mol. The number of rotatable bonds is 3. The molecule has 0 radical (unpaired) electrons. The third-order valence-electron chi connectivity index (χ3n) is 4.76. The molecule has 0 fully saturated rings. The fourth-order valence-electron chi connectivity index (χ4n) is 3.44. The molecule has 30 heavy (non-hydrogen) atoms. The second-order valence-electron chi connectivity index (χ2n) is 6.49. The van der Waals surface area contributed by atoms with Crippen LogP contribution in [0.5, 0.6) is 0 Å². The molecule has 0 spiro atoms. The van der Waals surface area contributed by atoms with Crippen LogP contribution in [0.1, 0.15) is 10.6 Å². The van der Waals surface area contributed by atoms with Crippen molar-refractivity contribution >= 4 is 37.9 Å². The first-order valence-electron chi connectivity index (χ1n) is 8.90. The molecule has 5 aromatic rings. The number of nitrogens with zero attached hydrogens (tertiary/aromatic N) is 3. The van der Waals surface area contributed by atoms with Crippen LogP contribution in [0.4, 0.5) is 0 Å². The molecule has 0 saturated carbocycles. The first kappa shape index (κ1) is 18.1. The number of hydrogen-bond acceptors (Lipinski definition) is 6. The summed E-state index contributed by atoms with van der Waals surface area (Å²) < 4.78 is 33.7. The number of carbonyl (C=O) groups excluding carboxylic acids is 1. The number of fused-ring (bicyclic) bond motifs is 2. The molecule has 0 aliphatic heterocycles. The summed E-state index contributed by atoms with van der Waals surface area (Å²) in [7, 11) is -4.37. The maximum Gasteiger partial charge on any atom is 0.350 e. The van der Waals surface area contributed by atoms with E-state index in [0.717, 1.165) is 4.57 Å². The molecule has 2 aromatic carbocycles. The van der Waals surface area contributed by atoms with Crippen LogP contribution >= 0.6 is 0 Å².